The summed E-state index contributed by atoms with van der Waals surface area (Å²) in [5, 5.41) is 22.0. The number of hydrogen-bond donors (Lipinski definition) is 3. The fraction of sp³-hybridized carbons (Fsp3) is 0.429. The maximum atomic E-state index is 10.8. The Labute approximate surface area is 125 Å². The maximum absolute atomic E-state index is 10.8. The van der Waals surface area contributed by atoms with Crippen molar-refractivity contribution in [2.75, 3.05) is 0 Å². The lowest BCUT2D eigenvalue weighted by Gasteiger charge is -2.27. The number of fused-ring (bicyclic) bond motifs is 1. The van der Waals surface area contributed by atoms with Crippen LogP contribution in [0.3, 0.4) is 0 Å². The van der Waals surface area contributed by atoms with Gasteiger partial charge < -0.3 is 15.4 Å². The van der Waals surface area contributed by atoms with E-state index in [4.69, 9.17) is 5.11 Å². The van der Waals surface area contributed by atoms with Crippen LogP contribution in [-0.4, -0.2) is 32.1 Å². The minimum atomic E-state index is -0.987. The van der Waals surface area contributed by atoms with E-state index >= 15 is 0 Å². The summed E-state index contributed by atoms with van der Waals surface area (Å²) in [6.07, 6.45) is 2.24. The number of carbonyl (C=O) groups is 1. The van der Waals surface area contributed by atoms with Gasteiger partial charge in [-0.05, 0) is 31.7 Å². The van der Waals surface area contributed by atoms with Crippen molar-refractivity contribution in [2.24, 2.45) is 0 Å². The Hall–Kier alpha value is -2.64. The van der Waals surface area contributed by atoms with Crippen molar-refractivity contribution in [3.8, 4) is 0 Å². The number of benzene rings is 1. The summed E-state index contributed by atoms with van der Waals surface area (Å²) in [7, 11) is 0. The minimum Gasteiger partial charge on any atom is -0.465 e. The molecule has 1 aliphatic rings. The number of hydrogen-bond acceptors (Lipinski definition) is 4. The molecule has 0 spiro atoms. The Balaban J connectivity index is 1.74. The molecule has 2 aromatic rings. The van der Waals surface area contributed by atoms with Crippen LogP contribution >= 0.6 is 0 Å². The minimum absolute atomic E-state index is 0.000726. The van der Waals surface area contributed by atoms with E-state index in [1.54, 1.807) is 6.07 Å². The van der Waals surface area contributed by atoms with E-state index in [0.717, 1.165) is 31.5 Å². The zero-order chi connectivity index (χ0) is 15.7. The van der Waals surface area contributed by atoms with Crippen molar-refractivity contribution in [2.45, 2.75) is 37.6 Å². The average molecular weight is 304 g/mol. The van der Waals surface area contributed by atoms with Gasteiger partial charge >= 0.3 is 6.09 Å². The number of aromatic nitrogens is 2. The fourth-order valence-corrected chi connectivity index (χ4v) is 3.01. The van der Waals surface area contributed by atoms with Gasteiger partial charge in [0.15, 0.2) is 0 Å². The molecule has 0 unspecified atom stereocenters. The number of non-ortho nitro benzene ring substituents is 1. The summed E-state index contributed by atoms with van der Waals surface area (Å²) in [5.41, 5.74) is 1.42. The fourth-order valence-electron chi connectivity index (χ4n) is 3.01. The monoisotopic (exact) mass is 304 g/mol. The number of nitro benzene ring substituents is 1. The molecule has 1 fully saturated rings. The highest BCUT2D eigenvalue weighted by atomic mass is 16.6. The van der Waals surface area contributed by atoms with Gasteiger partial charge in [0.2, 0.25) is 0 Å². The highest BCUT2D eigenvalue weighted by molar-refractivity contribution is 5.77. The molecule has 0 saturated heterocycles. The molecule has 0 bridgehead atoms. The molecule has 3 rings (SSSR count). The second kappa shape index (κ2) is 5.63. The van der Waals surface area contributed by atoms with Gasteiger partial charge in [0.25, 0.3) is 5.69 Å². The third kappa shape index (κ3) is 2.85. The molecule has 3 N–H and O–H groups in total. The van der Waals surface area contributed by atoms with Gasteiger partial charge in [-0.25, -0.2) is 9.78 Å². The normalized spacial score (nSPS) is 21.6. The summed E-state index contributed by atoms with van der Waals surface area (Å²) in [6, 6.07) is 4.58. The molecule has 8 nitrogen and oxygen atoms in total. The molecule has 1 aromatic carbocycles. The third-order valence-electron chi connectivity index (χ3n) is 4.14. The lowest BCUT2D eigenvalue weighted by atomic mass is 9.85. The second-order valence-corrected chi connectivity index (χ2v) is 5.58. The number of imidazole rings is 1. The molecule has 0 atom stereocenters. The highest BCUT2D eigenvalue weighted by Crippen LogP contribution is 2.32. The molecule has 0 radical (unpaired) electrons. The molecule has 1 amide bonds. The van der Waals surface area contributed by atoms with E-state index in [1.807, 2.05) is 0 Å². The number of carboxylic acid groups (broad SMARTS) is 1. The molecular weight excluding hydrogens is 288 g/mol. The van der Waals surface area contributed by atoms with E-state index in [2.05, 4.69) is 15.3 Å². The first-order valence-corrected chi connectivity index (χ1v) is 7.16. The molecular formula is C14H16N4O4. The van der Waals surface area contributed by atoms with Crippen LogP contribution in [0, 0.1) is 10.1 Å². The van der Waals surface area contributed by atoms with Crippen LogP contribution in [-0.2, 0) is 0 Å². The van der Waals surface area contributed by atoms with Gasteiger partial charge in [0.1, 0.15) is 5.82 Å². The second-order valence-electron chi connectivity index (χ2n) is 5.58. The van der Waals surface area contributed by atoms with E-state index < -0.39 is 11.0 Å². The first kappa shape index (κ1) is 14.3. The Morgan fingerprint density at radius 1 is 1.36 bits per heavy atom. The van der Waals surface area contributed by atoms with Crippen LogP contribution in [0.1, 0.15) is 37.4 Å². The first-order valence-electron chi connectivity index (χ1n) is 7.16. The highest BCUT2D eigenvalue weighted by Gasteiger charge is 2.25. The molecule has 1 saturated carbocycles. The molecule has 116 valence electrons. The molecule has 1 aromatic heterocycles. The zero-order valence-electron chi connectivity index (χ0n) is 11.8. The summed E-state index contributed by atoms with van der Waals surface area (Å²) >= 11 is 0. The van der Waals surface area contributed by atoms with Crippen molar-refractivity contribution in [3.05, 3.63) is 34.1 Å². The topological polar surface area (TPSA) is 121 Å². The first-order chi connectivity index (χ1) is 10.5. The number of nitrogens with one attached hydrogen (secondary N) is 2. The Bertz CT molecular complexity index is 719. The van der Waals surface area contributed by atoms with E-state index in [1.165, 1.54) is 12.1 Å². The van der Waals surface area contributed by atoms with Crippen molar-refractivity contribution in [3.63, 3.8) is 0 Å². The van der Waals surface area contributed by atoms with Crippen LogP contribution in [0.5, 0.6) is 0 Å². The smallest absolute Gasteiger partial charge is 0.404 e. The lowest BCUT2D eigenvalue weighted by molar-refractivity contribution is -0.384. The van der Waals surface area contributed by atoms with E-state index in [-0.39, 0.29) is 17.6 Å². The van der Waals surface area contributed by atoms with Crippen LogP contribution in [0.4, 0.5) is 10.5 Å². The number of rotatable bonds is 3. The summed E-state index contributed by atoms with van der Waals surface area (Å²) in [4.78, 5) is 28.7. The van der Waals surface area contributed by atoms with Gasteiger partial charge in [-0.15, -0.1) is 0 Å². The quantitative estimate of drug-likeness (QED) is 0.594. The van der Waals surface area contributed by atoms with Crippen LogP contribution in [0.15, 0.2) is 18.2 Å². The van der Waals surface area contributed by atoms with Gasteiger partial charge in [0.05, 0.1) is 16.0 Å². The van der Waals surface area contributed by atoms with Crippen LogP contribution in [0.25, 0.3) is 11.0 Å². The van der Waals surface area contributed by atoms with Gasteiger partial charge in [-0.3, -0.25) is 10.1 Å². The van der Waals surface area contributed by atoms with Gasteiger partial charge in [-0.2, -0.15) is 0 Å². The summed E-state index contributed by atoms with van der Waals surface area (Å²) < 4.78 is 0. The molecule has 8 heteroatoms. The Morgan fingerprint density at radius 2 is 2.09 bits per heavy atom. The van der Waals surface area contributed by atoms with Crippen molar-refractivity contribution in [1.82, 2.24) is 15.3 Å². The SMILES string of the molecule is O=C(O)NC1CCC(c2nc3ccc([N+](=O)[O-])cc3[nH]2)CC1. The Kier molecular flexibility index (Phi) is 3.66. The standard InChI is InChI=1S/C14H16N4O4/c19-14(20)15-9-3-1-8(2-4-9)13-16-11-6-5-10(18(21)22)7-12(11)17-13/h5-9,15H,1-4H2,(H,16,17)(H,19,20). The number of aromatic amines is 1. The molecule has 1 heterocycles. The number of amides is 1. The summed E-state index contributed by atoms with van der Waals surface area (Å²) in [5.74, 6) is 1.06. The average Bonchev–Trinajstić information content (AvgIpc) is 2.90. The number of nitrogens with zero attached hydrogens (tertiary/aromatic N) is 2. The lowest BCUT2D eigenvalue weighted by Crippen LogP contribution is -2.36. The van der Waals surface area contributed by atoms with Crippen LogP contribution < -0.4 is 5.32 Å². The molecule has 22 heavy (non-hydrogen) atoms. The van der Waals surface area contributed by atoms with Crippen molar-refractivity contribution < 1.29 is 14.8 Å². The number of nitro groups is 1. The van der Waals surface area contributed by atoms with E-state index in [9.17, 15) is 14.9 Å². The van der Waals surface area contributed by atoms with Gasteiger partial charge in [0, 0.05) is 24.1 Å². The maximum Gasteiger partial charge on any atom is 0.404 e. The molecule has 1 aliphatic carbocycles. The van der Waals surface area contributed by atoms with Crippen LogP contribution in [0.2, 0.25) is 0 Å². The third-order valence-corrected chi connectivity index (χ3v) is 4.14. The van der Waals surface area contributed by atoms with Crippen molar-refractivity contribution >= 4 is 22.8 Å². The van der Waals surface area contributed by atoms with Gasteiger partial charge in [-0.1, -0.05) is 0 Å². The summed E-state index contributed by atoms with van der Waals surface area (Å²) in [6.45, 7) is 0. The van der Waals surface area contributed by atoms with E-state index in [0.29, 0.717) is 11.0 Å². The number of H-pyrrole nitrogens is 1. The predicted octanol–water partition coefficient (Wildman–Crippen LogP) is 2.76. The predicted molar refractivity (Wildman–Crippen MR) is 78.9 cm³/mol. The largest absolute Gasteiger partial charge is 0.465 e. The Morgan fingerprint density at radius 3 is 2.73 bits per heavy atom. The van der Waals surface area contributed by atoms with Crippen molar-refractivity contribution in [1.29, 1.82) is 0 Å². The zero-order valence-corrected chi connectivity index (χ0v) is 11.8. The molecule has 0 aliphatic heterocycles.